The van der Waals surface area contributed by atoms with Gasteiger partial charge in [0.15, 0.2) is 0 Å². The number of nitrogens with zero attached hydrogens (tertiary/aromatic N) is 2. The summed E-state index contributed by atoms with van der Waals surface area (Å²) in [6, 6.07) is 151. The molecule has 542 valence electrons. The molecule has 4 nitrogen and oxygen atoms in total. The smallest absolute Gasteiger partial charge is 0.136 e. The Morgan fingerprint density at radius 3 is 0.940 bits per heavy atom. The highest BCUT2D eigenvalue weighted by Crippen LogP contribution is 2.48. The molecule has 23 rings (SSSR count). The Kier molecular flexibility index (Phi) is 16.0. The van der Waals surface area contributed by atoms with E-state index < -0.39 is 0 Å². The maximum atomic E-state index is 6.93. The Balaban J connectivity index is 0.554. The molecule has 0 fully saturated rings. The lowest BCUT2D eigenvalue weighted by Gasteiger charge is -2.27. The molecule has 6 heteroatoms. The largest absolute Gasteiger partial charge is 0.456 e. The van der Waals surface area contributed by atoms with E-state index in [1.165, 1.54) is 89.7 Å². The third kappa shape index (κ3) is 11.9. The van der Waals surface area contributed by atoms with Crippen LogP contribution in [-0.2, 0) is 0 Å². The average molecular weight is 1510 g/mol. The molecule has 0 spiro atoms. The van der Waals surface area contributed by atoms with Crippen molar-refractivity contribution in [2.24, 2.45) is 0 Å². The van der Waals surface area contributed by atoms with Crippen LogP contribution >= 0.6 is 22.7 Å². The van der Waals surface area contributed by atoms with Crippen LogP contribution in [0.1, 0.15) is 0 Å². The third-order valence-corrected chi connectivity index (χ3v) is 25.7. The summed E-state index contributed by atoms with van der Waals surface area (Å²) in [4.78, 5) is 4.80. The lowest BCUT2D eigenvalue weighted by molar-refractivity contribution is 0.669. The molecular weight excluding hydrogens is 1450 g/mol. The molecule has 0 saturated carbocycles. The predicted octanol–water partition coefficient (Wildman–Crippen LogP) is 32.8. The van der Waals surface area contributed by atoms with E-state index in [-0.39, 0.29) is 0 Å². The number of furan rings is 2. The van der Waals surface area contributed by atoms with Crippen LogP contribution in [0.5, 0.6) is 0 Å². The number of benzene rings is 19. The summed E-state index contributed by atoms with van der Waals surface area (Å²) in [5, 5.41) is 14.4. The number of thiophene rings is 2. The molecule has 0 bridgehead atoms. The number of rotatable bonds is 14. The van der Waals surface area contributed by atoms with Crippen LogP contribution in [0.4, 0.5) is 34.1 Å². The second-order valence-corrected chi connectivity index (χ2v) is 32.5. The summed E-state index contributed by atoms with van der Waals surface area (Å²) in [5.41, 5.74) is 28.1. The van der Waals surface area contributed by atoms with Crippen LogP contribution in [0.25, 0.3) is 195 Å². The molecule has 0 aliphatic carbocycles. The summed E-state index contributed by atoms with van der Waals surface area (Å²) in [7, 11) is 0. The molecule has 0 amide bonds. The number of para-hydroxylation sites is 1. The van der Waals surface area contributed by atoms with Crippen LogP contribution in [0.3, 0.4) is 0 Å². The summed E-state index contributed by atoms with van der Waals surface area (Å²) < 4.78 is 18.5. The van der Waals surface area contributed by atoms with E-state index in [9.17, 15) is 0 Å². The van der Waals surface area contributed by atoms with E-state index in [0.29, 0.717) is 0 Å². The first-order valence-corrected chi connectivity index (χ1v) is 41.1. The van der Waals surface area contributed by atoms with Crippen molar-refractivity contribution in [2.75, 3.05) is 9.80 Å². The fraction of sp³-hybridized carbons (Fsp3) is 0. The minimum atomic E-state index is 0.851. The zero-order valence-electron chi connectivity index (χ0n) is 62.8. The molecule has 0 atom stereocenters. The molecule has 0 saturated heterocycles. The molecule has 4 heterocycles. The summed E-state index contributed by atoms with van der Waals surface area (Å²) >= 11 is 3.72. The van der Waals surface area contributed by atoms with Gasteiger partial charge in [-0.05, 0) is 262 Å². The molecule has 0 N–H and O–H groups in total. The fourth-order valence-electron chi connectivity index (χ4n) is 17.6. The van der Waals surface area contributed by atoms with Gasteiger partial charge in [-0.3, -0.25) is 0 Å². The molecule has 116 heavy (non-hydrogen) atoms. The monoisotopic (exact) mass is 1510 g/mol. The first-order valence-electron chi connectivity index (χ1n) is 39.4. The van der Waals surface area contributed by atoms with Crippen molar-refractivity contribution < 1.29 is 8.83 Å². The SMILES string of the molecule is c1cc(-c2cccc(N(c3cccc(-c4ccc5ccccc5c4)c3)c3cccc(-c4ccc5c(c4)oc4ccccc45)c3)c2)cc(-c2cccc3c2sc2cc(-c4ccc5c(c4)oc4cc(-c6cccc(N(c7cccc(-c8ccc9ccccc9c8)c7)c7cccc(-c8ccc9c(c8)sc8ccccc89)c7)c6)ccc45)ccc23)c1. The standard InChI is InChI=1S/C110H68N2O2S2/c1-3-19-71-55-80(43-41-69(71)17-1)75-23-11-30-89(59-75)111(91-32-13-25-77(61-91)82-45-50-96-95-35-5-7-39-103(95)113-104(96)64-82)88-29-10-22-74(58-88)73-21-9-28-87(57-73)94-37-16-38-102-101-54-49-86(68-109(101)116-110(94)102)84-47-52-98-97-51-46-83(65-105(97)114-106(98)66-84)78-26-14-33-92(62-78)112(90-31-12-24-76(60-90)81-44-42-70-18-2-4-20-72(70)56-81)93-34-15-27-79(63-93)85-48-53-100-99-36-6-8-40-107(99)115-108(100)67-85/h1-68H. The maximum Gasteiger partial charge on any atom is 0.136 e. The quantitative estimate of drug-likeness (QED) is 0.109. The molecule has 0 aliphatic heterocycles. The van der Waals surface area contributed by atoms with Crippen LogP contribution in [0.2, 0.25) is 0 Å². The predicted molar refractivity (Wildman–Crippen MR) is 495 cm³/mol. The highest BCUT2D eigenvalue weighted by Gasteiger charge is 2.22. The first-order chi connectivity index (χ1) is 57.4. The van der Waals surface area contributed by atoms with Gasteiger partial charge in [-0.1, -0.05) is 261 Å². The van der Waals surface area contributed by atoms with Crippen molar-refractivity contribution in [3.05, 3.63) is 413 Å². The van der Waals surface area contributed by atoms with E-state index in [2.05, 4.69) is 410 Å². The number of anilines is 6. The Bertz CT molecular complexity index is 7910. The van der Waals surface area contributed by atoms with E-state index >= 15 is 0 Å². The Hall–Kier alpha value is -14.7. The fourth-order valence-corrected chi connectivity index (χ4v) is 20.0. The molecule has 0 radical (unpaired) electrons. The van der Waals surface area contributed by atoms with Crippen molar-refractivity contribution in [2.45, 2.75) is 0 Å². The number of fused-ring (bicyclic) bond motifs is 14. The summed E-state index contributed by atoms with van der Waals surface area (Å²) in [5.74, 6) is 0. The second-order valence-electron chi connectivity index (χ2n) is 30.3. The van der Waals surface area contributed by atoms with Crippen molar-refractivity contribution in [3.63, 3.8) is 0 Å². The Labute approximate surface area is 677 Å². The van der Waals surface area contributed by atoms with Crippen LogP contribution in [-0.4, -0.2) is 0 Å². The van der Waals surface area contributed by atoms with Gasteiger partial charge in [-0.15, -0.1) is 22.7 Å². The molecule has 23 aromatic rings. The van der Waals surface area contributed by atoms with E-state index in [0.717, 1.165) is 139 Å². The maximum absolute atomic E-state index is 6.93. The van der Waals surface area contributed by atoms with Crippen molar-refractivity contribution in [3.8, 4) is 89.0 Å². The first kappa shape index (κ1) is 67.1. The van der Waals surface area contributed by atoms with Crippen LogP contribution in [0.15, 0.2) is 421 Å². The van der Waals surface area contributed by atoms with E-state index in [4.69, 9.17) is 8.83 Å². The van der Waals surface area contributed by atoms with Gasteiger partial charge in [0.2, 0.25) is 0 Å². The zero-order chi connectivity index (χ0) is 76.3. The van der Waals surface area contributed by atoms with Crippen molar-refractivity contribution in [1.82, 2.24) is 0 Å². The van der Waals surface area contributed by atoms with Crippen molar-refractivity contribution in [1.29, 1.82) is 0 Å². The van der Waals surface area contributed by atoms with Crippen LogP contribution < -0.4 is 9.80 Å². The Morgan fingerprint density at radius 1 is 0.164 bits per heavy atom. The van der Waals surface area contributed by atoms with Gasteiger partial charge in [0.05, 0.1) is 0 Å². The van der Waals surface area contributed by atoms with E-state index in [1.54, 1.807) is 0 Å². The summed E-state index contributed by atoms with van der Waals surface area (Å²) in [6.07, 6.45) is 0. The third-order valence-electron chi connectivity index (χ3n) is 23.4. The van der Waals surface area contributed by atoms with Gasteiger partial charge < -0.3 is 18.6 Å². The molecular formula is C110H68N2O2S2. The number of hydrogen-bond acceptors (Lipinski definition) is 6. The van der Waals surface area contributed by atoms with Gasteiger partial charge in [0.25, 0.3) is 0 Å². The number of hydrogen-bond donors (Lipinski definition) is 0. The van der Waals surface area contributed by atoms with Gasteiger partial charge >= 0.3 is 0 Å². The van der Waals surface area contributed by atoms with E-state index in [1.807, 2.05) is 34.8 Å². The van der Waals surface area contributed by atoms with Crippen molar-refractivity contribution >= 4 is 163 Å². The molecule has 0 unspecified atom stereocenters. The minimum absolute atomic E-state index is 0.851. The van der Waals surface area contributed by atoms with Gasteiger partial charge in [-0.2, -0.15) is 0 Å². The topological polar surface area (TPSA) is 32.8 Å². The Morgan fingerprint density at radius 2 is 0.466 bits per heavy atom. The van der Waals surface area contributed by atoms with Gasteiger partial charge in [0.1, 0.15) is 22.3 Å². The van der Waals surface area contributed by atoms with Gasteiger partial charge in [-0.25, -0.2) is 0 Å². The molecule has 0 aliphatic rings. The minimum Gasteiger partial charge on any atom is -0.456 e. The highest BCUT2D eigenvalue weighted by molar-refractivity contribution is 7.26. The zero-order valence-corrected chi connectivity index (χ0v) is 64.4. The molecule has 19 aromatic carbocycles. The lowest BCUT2D eigenvalue weighted by atomic mass is 9.97. The normalized spacial score (nSPS) is 11.8. The molecule has 4 aromatic heterocycles. The second kappa shape index (κ2) is 27.6. The lowest BCUT2D eigenvalue weighted by Crippen LogP contribution is -2.10. The average Bonchev–Trinajstić information content (AvgIpc) is 1.58. The van der Waals surface area contributed by atoms with Gasteiger partial charge in [0, 0.05) is 96.0 Å². The van der Waals surface area contributed by atoms with Crippen LogP contribution in [0, 0.1) is 0 Å². The highest BCUT2D eigenvalue weighted by atomic mass is 32.1. The summed E-state index contributed by atoms with van der Waals surface area (Å²) in [6.45, 7) is 0.